The Morgan fingerprint density at radius 3 is 2.85 bits per heavy atom. The van der Waals surface area contributed by atoms with Gasteiger partial charge in [-0.2, -0.15) is 0 Å². The van der Waals surface area contributed by atoms with E-state index in [2.05, 4.69) is 9.59 Å². The van der Waals surface area contributed by atoms with Crippen LogP contribution in [0, 0.1) is 5.82 Å². The van der Waals surface area contributed by atoms with E-state index < -0.39 is 5.82 Å². The summed E-state index contributed by atoms with van der Waals surface area (Å²) in [5.41, 5.74) is 0.987. The van der Waals surface area contributed by atoms with Gasteiger partial charge in [-0.25, -0.2) is 4.39 Å². The number of hydrogen-bond acceptors (Lipinski definition) is 5. The highest BCUT2D eigenvalue weighted by Crippen LogP contribution is 2.24. The summed E-state index contributed by atoms with van der Waals surface area (Å²) >= 11 is 1.06. The molecule has 106 valence electrons. The second-order valence-electron chi connectivity index (χ2n) is 4.68. The number of aromatic nitrogens is 2. The lowest BCUT2D eigenvalue weighted by Gasteiger charge is -2.07. The molecule has 4 nitrogen and oxygen atoms in total. The van der Waals surface area contributed by atoms with E-state index in [1.807, 2.05) is 13.8 Å². The fraction of sp³-hybridized carbons (Fsp3) is 0.357. The molecule has 20 heavy (non-hydrogen) atoms. The molecule has 1 aromatic carbocycles. The standard InChI is InChI=1S/C14H15FN2O2S/c1-8(2)13-14(20-17-16-13)10(18)7-9-5-4-6-11(19-3)12(9)15/h4-6,8H,7H2,1-3H3. The Balaban J connectivity index is 2.26. The van der Waals surface area contributed by atoms with Gasteiger partial charge in [0, 0.05) is 6.42 Å². The zero-order valence-electron chi connectivity index (χ0n) is 11.5. The van der Waals surface area contributed by atoms with Gasteiger partial charge >= 0.3 is 0 Å². The number of nitrogens with zero attached hydrogens (tertiary/aromatic N) is 2. The van der Waals surface area contributed by atoms with Crippen molar-refractivity contribution in [3.63, 3.8) is 0 Å². The number of benzene rings is 1. The Kier molecular flexibility index (Phi) is 4.44. The van der Waals surface area contributed by atoms with E-state index in [0.29, 0.717) is 16.1 Å². The van der Waals surface area contributed by atoms with Gasteiger partial charge in [-0.3, -0.25) is 4.79 Å². The second-order valence-corrected chi connectivity index (χ2v) is 5.43. The lowest BCUT2D eigenvalue weighted by atomic mass is 10.0. The number of ketones is 1. The lowest BCUT2D eigenvalue weighted by molar-refractivity contribution is 0.0994. The average molecular weight is 294 g/mol. The normalized spacial score (nSPS) is 10.8. The summed E-state index contributed by atoms with van der Waals surface area (Å²) < 4.78 is 22.8. The van der Waals surface area contributed by atoms with Crippen LogP contribution in [0.3, 0.4) is 0 Å². The predicted molar refractivity (Wildman–Crippen MR) is 75.0 cm³/mol. The van der Waals surface area contributed by atoms with E-state index in [-0.39, 0.29) is 23.9 Å². The summed E-state index contributed by atoms with van der Waals surface area (Å²) in [7, 11) is 1.40. The number of ether oxygens (including phenoxy) is 1. The third kappa shape index (κ3) is 2.85. The molecular formula is C14H15FN2O2S. The van der Waals surface area contributed by atoms with E-state index in [0.717, 1.165) is 11.5 Å². The van der Waals surface area contributed by atoms with Crippen LogP contribution in [-0.2, 0) is 6.42 Å². The Hall–Kier alpha value is -1.82. The SMILES string of the molecule is COc1cccc(CC(=O)c2snnc2C(C)C)c1F. The van der Waals surface area contributed by atoms with Crippen LogP contribution in [0.1, 0.15) is 40.7 Å². The molecule has 0 N–H and O–H groups in total. The summed E-state index contributed by atoms with van der Waals surface area (Å²) in [6, 6.07) is 4.77. The Morgan fingerprint density at radius 2 is 2.20 bits per heavy atom. The van der Waals surface area contributed by atoms with E-state index >= 15 is 0 Å². The molecule has 0 aliphatic carbocycles. The highest BCUT2D eigenvalue weighted by molar-refractivity contribution is 7.08. The molecular weight excluding hydrogens is 279 g/mol. The second kappa shape index (κ2) is 6.09. The molecule has 0 atom stereocenters. The molecule has 0 unspecified atom stereocenters. The monoisotopic (exact) mass is 294 g/mol. The van der Waals surface area contributed by atoms with Gasteiger partial charge in [0.25, 0.3) is 0 Å². The minimum Gasteiger partial charge on any atom is -0.494 e. The van der Waals surface area contributed by atoms with Crippen LogP contribution in [0.15, 0.2) is 18.2 Å². The number of carbonyl (C=O) groups excluding carboxylic acids is 1. The number of carbonyl (C=O) groups is 1. The number of methoxy groups -OCH3 is 1. The first-order chi connectivity index (χ1) is 9.54. The van der Waals surface area contributed by atoms with Crippen LogP contribution in [0.4, 0.5) is 4.39 Å². The smallest absolute Gasteiger partial charge is 0.180 e. The van der Waals surface area contributed by atoms with Gasteiger partial charge in [-0.1, -0.05) is 30.5 Å². The van der Waals surface area contributed by atoms with Crippen LogP contribution in [-0.4, -0.2) is 22.5 Å². The van der Waals surface area contributed by atoms with Crippen molar-refractivity contribution in [2.24, 2.45) is 0 Å². The summed E-state index contributed by atoms with van der Waals surface area (Å²) in [6.45, 7) is 3.89. The van der Waals surface area contributed by atoms with Crippen molar-refractivity contribution in [2.75, 3.05) is 7.11 Å². The van der Waals surface area contributed by atoms with Gasteiger partial charge in [-0.15, -0.1) is 5.10 Å². The van der Waals surface area contributed by atoms with Gasteiger partial charge in [0.2, 0.25) is 0 Å². The maximum absolute atomic E-state index is 14.0. The highest BCUT2D eigenvalue weighted by Gasteiger charge is 2.20. The first-order valence-electron chi connectivity index (χ1n) is 6.21. The van der Waals surface area contributed by atoms with Crippen molar-refractivity contribution in [1.29, 1.82) is 0 Å². The molecule has 0 saturated heterocycles. The minimum atomic E-state index is -0.494. The largest absolute Gasteiger partial charge is 0.494 e. The highest BCUT2D eigenvalue weighted by atomic mass is 32.1. The molecule has 0 aliphatic rings. The number of Topliss-reactive ketones (excluding diaryl/α,β-unsaturated/α-hetero) is 1. The van der Waals surface area contributed by atoms with Crippen molar-refractivity contribution in [1.82, 2.24) is 9.59 Å². The molecule has 1 aromatic heterocycles. The van der Waals surface area contributed by atoms with Crippen molar-refractivity contribution < 1.29 is 13.9 Å². The van der Waals surface area contributed by atoms with E-state index in [1.165, 1.54) is 13.2 Å². The molecule has 0 amide bonds. The molecule has 6 heteroatoms. The quantitative estimate of drug-likeness (QED) is 0.794. The van der Waals surface area contributed by atoms with Crippen LogP contribution in [0.2, 0.25) is 0 Å². The summed E-state index contributed by atoms with van der Waals surface area (Å²) in [4.78, 5) is 12.8. The van der Waals surface area contributed by atoms with Gasteiger partial charge in [0.15, 0.2) is 17.3 Å². The third-order valence-electron chi connectivity index (χ3n) is 2.93. The van der Waals surface area contributed by atoms with Crippen LogP contribution >= 0.6 is 11.5 Å². The Morgan fingerprint density at radius 1 is 1.45 bits per heavy atom. The van der Waals surface area contributed by atoms with Gasteiger partial charge in [0.05, 0.1) is 12.8 Å². The number of rotatable bonds is 5. The Bertz CT molecular complexity index is 625. The van der Waals surface area contributed by atoms with Crippen LogP contribution in [0.25, 0.3) is 0 Å². The molecule has 0 bridgehead atoms. The number of hydrogen-bond donors (Lipinski definition) is 0. The average Bonchev–Trinajstić information content (AvgIpc) is 2.90. The van der Waals surface area contributed by atoms with Crippen molar-refractivity contribution >= 4 is 17.3 Å². The molecule has 2 rings (SSSR count). The lowest BCUT2D eigenvalue weighted by Crippen LogP contribution is -2.07. The van der Waals surface area contributed by atoms with Gasteiger partial charge < -0.3 is 4.74 Å². The zero-order valence-corrected chi connectivity index (χ0v) is 12.3. The first-order valence-corrected chi connectivity index (χ1v) is 6.98. The Labute approximate surface area is 120 Å². The van der Waals surface area contributed by atoms with E-state index in [4.69, 9.17) is 4.74 Å². The van der Waals surface area contributed by atoms with E-state index in [1.54, 1.807) is 12.1 Å². The van der Waals surface area contributed by atoms with E-state index in [9.17, 15) is 9.18 Å². The molecule has 0 radical (unpaired) electrons. The van der Waals surface area contributed by atoms with Crippen LogP contribution in [0.5, 0.6) is 5.75 Å². The fourth-order valence-electron chi connectivity index (χ4n) is 1.87. The molecule has 2 aromatic rings. The van der Waals surface area contributed by atoms with Crippen molar-refractivity contribution in [3.05, 3.63) is 40.2 Å². The molecule has 0 spiro atoms. The fourth-order valence-corrected chi connectivity index (χ4v) is 2.63. The zero-order chi connectivity index (χ0) is 14.7. The van der Waals surface area contributed by atoms with Gasteiger partial charge in [-0.05, 0) is 29.1 Å². The molecule has 0 saturated carbocycles. The maximum atomic E-state index is 14.0. The molecule has 1 heterocycles. The molecule has 0 fully saturated rings. The maximum Gasteiger partial charge on any atom is 0.180 e. The summed E-state index contributed by atoms with van der Waals surface area (Å²) in [5, 5.41) is 3.96. The summed E-state index contributed by atoms with van der Waals surface area (Å²) in [5.74, 6) is -0.410. The van der Waals surface area contributed by atoms with Crippen molar-refractivity contribution in [2.45, 2.75) is 26.2 Å². The van der Waals surface area contributed by atoms with Gasteiger partial charge in [0.1, 0.15) is 4.88 Å². The number of halogens is 1. The summed E-state index contributed by atoms with van der Waals surface area (Å²) in [6.07, 6.45) is -0.0212. The predicted octanol–water partition coefficient (Wildman–Crippen LogP) is 3.23. The molecule has 0 aliphatic heterocycles. The van der Waals surface area contributed by atoms with Crippen molar-refractivity contribution in [3.8, 4) is 5.75 Å². The third-order valence-corrected chi connectivity index (χ3v) is 3.71. The van der Waals surface area contributed by atoms with Crippen LogP contribution < -0.4 is 4.74 Å². The topological polar surface area (TPSA) is 52.1 Å². The first kappa shape index (κ1) is 14.6. The minimum absolute atomic E-state index is 0.0212.